The molecule has 398 valence electrons. The van der Waals surface area contributed by atoms with Gasteiger partial charge in [0.2, 0.25) is 0 Å². The van der Waals surface area contributed by atoms with Crippen LogP contribution in [-0.2, 0) is 0 Å². The van der Waals surface area contributed by atoms with Crippen LogP contribution in [0.25, 0.3) is 114 Å². The molecule has 0 bridgehead atoms. The summed E-state index contributed by atoms with van der Waals surface area (Å²) in [5.74, 6) is 0. The van der Waals surface area contributed by atoms with Crippen LogP contribution in [0.5, 0.6) is 0 Å². The van der Waals surface area contributed by atoms with Gasteiger partial charge in [0, 0.05) is 50.0 Å². The Bertz CT molecular complexity index is 4320. The lowest BCUT2D eigenvalue weighted by molar-refractivity contribution is 0.315. The molecule has 0 spiro atoms. The average molecular weight is 1040 g/mol. The summed E-state index contributed by atoms with van der Waals surface area (Å²) in [7, 11) is 0. The predicted octanol–water partition coefficient (Wildman–Crippen LogP) is 14.8. The van der Waals surface area contributed by atoms with Crippen molar-refractivity contribution in [2.75, 3.05) is 0 Å². The van der Waals surface area contributed by atoms with Crippen molar-refractivity contribution in [3.05, 3.63) is 141 Å². The van der Waals surface area contributed by atoms with Gasteiger partial charge in [-0.25, -0.2) is 9.20 Å². The van der Waals surface area contributed by atoms with Crippen LogP contribution in [0.4, 0.5) is 0 Å². The fourth-order valence-corrected chi connectivity index (χ4v) is 13.7. The maximum absolute atomic E-state index is 15.8. The normalized spacial score (nSPS) is 12.6. The Kier molecular flexibility index (Phi) is 13.8. The van der Waals surface area contributed by atoms with Gasteiger partial charge in [-0.2, -0.15) is 0 Å². The number of rotatable bonds is 24. The highest BCUT2D eigenvalue weighted by Gasteiger charge is 2.32. The van der Waals surface area contributed by atoms with E-state index in [0.29, 0.717) is 118 Å². The molecule has 78 heavy (non-hydrogen) atoms. The van der Waals surface area contributed by atoms with E-state index in [-0.39, 0.29) is 34.0 Å². The smallest absolute Gasteiger partial charge is 0.266 e. The zero-order chi connectivity index (χ0) is 53.9. The molecule has 4 heterocycles. The van der Waals surface area contributed by atoms with Crippen molar-refractivity contribution in [1.29, 1.82) is 0 Å². The lowest BCUT2D eigenvalue weighted by Gasteiger charge is -2.24. The lowest BCUT2D eigenvalue weighted by atomic mass is 9.81. The SMILES string of the molecule is CCCCCCC(CCCCCC)n1c(=O)c2ccc3c4ccc5c(=O)n(C(CCCCCC)CCCCCC)c(=O)c6cc7c8c(=O)n(-c9cccc(-c%10cccc%11nonc%10%11)c9)c(=O)c8c8cc(c1=O)c2c3c8c7c4c56. The van der Waals surface area contributed by atoms with Crippen LogP contribution in [0.3, 0.4) is 0 Å². The summed E-state index contributed by atoms with van der Waals surface area (Å²) in [6.07, 6.45) is 18.9. The molecule has 0 saturated heterocycles. The first-order chi connectivity index (χ1) is 38.1. The molecule has 0 aliphatic heterocycles. The fourth-order valence-electron chi connectivity index (χ4n) is 13.7. The molecule has 12 rings (SSSR count). The van der Waals surface area contributed by atoms with E-state index >= 15 is 28.8 Å². The van der Waals surface area contributed by atoms with Crippen LogP contribution in [-0.4, -0.2) is 24.0 Å². The molecule has 0 atom stereocenters. The number of benzene rings is 8. The van der Waals surface area contributed by atoms with Gasteiger partial charge < -0.3 is 0 Å². The Morgan fingerprint density at radius 3 is 1.27 bits per heavy atom. The standard InChI is InChI=1S/C66H67N5O7/c1-5-9-13-17-24-39(25-18-14-10-6-2)69-61(72)45-33-31-43-44-32-34-46-53-50(64(75)70(62(46)73)40(26-19-15-11-7-3)27-20-16-12-8-4)37-48-57(55(44)53)56-47(36-49(63(69)74)52(45)54(43)56)58-59(48)66(77)71(65(58)76)41-28-21-23-38(35-41)42-29-22-30-51-60(42)68-78-67-51/h21-23,28-37,39-40H,5-20,24-27H2,1-4H3. The van der Waals surface area contributed by atoms with Gasteiger partial charge in [-0.1, -0.05) is 167 Å². The summed E-state index contributed by atoms with van der Waals surface area (Å²) in [5.41, 5.74) is 0.192. The number of hydrogen-bond acceptors (Lipinski definition) is 9. The van der Waals surface area contributed by atoms with E-state index in [1.54, 1.807) is 36.4 Å². The predicted molar refractivity (Wildman–Crippen MR) is 319 cm³/mol. The van der Waals surface area contributed by atoms with Crippen molar-refractivity contribution < 1.29 is 4.63 Å². The van der Waals surface area contributed by atoms with Crippen molar-refractivity contribution >= 4 is 97.2 Å². The quantitative estimate of drug-likeness (QED) is 0.0326. The molecule has 0 saturated carbocycles. The second kappa shape index (κ2) is 21.0. The third-order valence-corrected chi connectivity index (χ3v) is 17.5. The second-order valence-corrected chi connectivity index (χ2v) is 22.4. The third kappa shape index (κ3) is 8.06. The van der Waals surface area contributed by atoms with E-state index in [4.69, 9.17) is 4.63 Å². The second-order valence-electron chi connectivity index (χ2n) is 22.4. The Hall–Kier alpha value is -7.60. The van der Waals surface area contributed by atoms with Crippen molar-refractivity contribution in [3.8, 4) is 16.8 Å². The fraction of sp³-hybridized carbons (Fsp3) is 0.394. The van der Waals surface area contributed by atoms with Gasteiger partial charge in [-0.05, 0) is 127 Å². The van der Waals surface area contributed by atoms with Crippen molar-refractivity contribution in [1.82, 2.24) is 24.0 Å². The van der Waals surface area contributed by atoms with Crippen LogP contribution in [0.1, 0.15) is 168 Å². The molecule has 0 N–H and O–H groups in total. The maximum atomic E-state index is 15.8. The van der Waals surface area contributed by atoms with Crippen LogP contribution in [0.2, 0.25) is 0 Å². The summed E-state index contributed by atoms with van der Waals surface area (Å²) < 4.78 is 9.31. The first kappa shape index (κ1) is 51.2. The van der Waals surface area contributed by atoms with Crippen LogP contribution < -0.4 is 33.4 Å². The molecule has 0 radical (unpaired) electrons. The minimum atomic E-state index is -0.573. The van der Waals surface area contributed by atoms with Crippen molar-refractivity contribution in [2.24, 2.45) is 0 Å². The molecule has 12 heteroatoms. The third-order valence-electron chi connectivity index (χ3n) is 17.5. The summed E-state index contributed by atoms with van der Waals surface area (Å²) in [6, 6.07) is 23.1. The van der Waals surface area contributed by atoms with Crippen molar-refractivity contribution in [2.45, 2.75) is 168 Å². The number of aromatic nitrogens is 5. The summed E-state index contributed by atoms with van der Waals surface area (Å²) >= 11 is 0. The molecule has 0 amide bonds. The molecular weight excluding hydrogens is 975 g/mol. The summed E-state index contributed by atoms with van der Waals surface area (Å²) in [5, 5.41) is 15.8. The van der Waals surface area contributed by atoms with Gasteiger partial charge in [-0.15, -0.1) is 0 Å². The molecule has 4 aromatic heterocycles. The van der Waals surface area contributed by atoms with Crippen LogP contribution in [0.15, 0.2) is 112 Å². The van der Waals surface area contributed by atoms with Gasteiger partial charge >= 0.3 is 0 Å². The van der Waals surface area contributed by atoms with E-state index in [0.717, 1.165) is 114 Å². The minimum Gasteiger partial charge on any atom is -0.271 e. The number of hydrogen-bond donors (Lipinski definition) is 0. The van der Waals surface area contributed by atoms with E-state index in [9.17, 15) is 0 Å². The zero-order valence-corrected chi connectivity index (χ0v) is 45.4. The monoisotopic (exact) mass is 1040 g/mol. The number of pyridine rings is 2. The highest BCUT2D eigenvalue weighted by molar-refractivity contribution is 6.48. The Morgan fingerprint density at radius 2 is 0.808 bits per heavy atom. The van der Waals surface area contributed by atoms with E-state index < -0.39 is 22.2 Å². The molecule has 8 aromatic carbocycles. The Labute approximate surface area is 449 Å². The maximum Gasteiger partial charge on any atom is 0.266 e. The van der Waals surface area contributed by atoms with Gasteiger partial charge in [0.25, 0.3) is 33.4 Å². The molecular formula is C66H67N5O7. The first-order valence-corrected chi connectivity index (χ1v) is 29.1. The Morgan fingerprint density at radius 1 is 0.385 bits per heavy atom. The molecule has 0 unspecified atom stereocenters. The van der Waals surface area contributed by atoms with E-state index in [1.165, 1.54) is 13.7 Å². The Balaban J connectivity index is 1.20. The molecule has 12 nitrogen and oxygen atoms in total. The van der Waals surface area contributed by atoms with E-state index in [2.05, 4.69) is 38.0 Å². The number of fused-ring (bicyclic) bond motifs is 5. The minimum absolute atomic E-state index is 0.129. The van der Waals surface area contributed by atoms with Crippen LogP contribution >= 0.6 is 0 Å². The molecule has 0 aliphatic carbocycles. The van der Waals surface area contributed by atoms with Gasteiger partial charge in [0.1, 0.15) is 11.0 Å². The topological polar surface area (TPSA) is 156 Å². The molecule has 0 fully saturated rings. The zero-order valence-electron chi connectivity index (χ0n) is 45.4. The number of nitrogens with zero attached hydrogens (tertiary/aromatic N) is 5. The largest absolute Gasteiger partial charge is 0.271 e. The number of unbranched alkanes of at least 4 members (excludes halogenated alkanes) is 12. The molecule has 0 aliphatic rings. The highest BCUT2D eigenvalue weighted by Crippen LogP contribution is 2.50. The highest BCUT2D eigenvalue weighted by atomic mass is 16.6. The van der Waals surface area contributed by atoms with Gasteiger partial charge in [0.15, 0.2) is 0 Å². The molecule has 12 aromatic rings. The van der Waals surface area contributed by atoms with Crippen LogP contribution in [0, 0.1) is 0 Å². The van der Waals surface area contributed by atoms with E-state index in [1.807, 2.05) is 42.5 Å². The summed E-state index contributed by atoms with van der Waals surface area (Å²) in [4.78, 5) is 93.2. The summed E-state index contributed by atoms with van der Waals surface area (Å²) in [6.45, 7) is 8.68. The van der Waals surface area contributed by atoms with Gasteiger partial charge in [0.05, 0.1) is 16.5 Å². The average Bonchev–Trinajstić information content (AvgIpc) is 3.99. The van der Waals surface area contributed by atoms with Gasteiger partial charge in [-0.3, -0.25) is 37.9 Å². The van der Waals surface area contributed by atoms with Crippen molar-refractivity contribution in [3.63, 3.8) is 0 Å². The lowest BCUT2D eigenvalue weighted by Crippen LogP contribution is -2.37. The first-order valence-electron chi connectivity index (χ1n) is 29.1.